The lowest BCUT2D eigenvalue weighted by Crippen LogP contribution is -2.21. The number of halogens is 2. The molecule has 1 aromatic carbocycles. The summed E-state index contributed by atoms with van der Waals surface area (Å²) >= 11 is 9.23. The summed E-state index contributed by atoms with van der Waals surface area (Å²) in [6.45, 7) is 1.80. The van der Waals surface area contributed by atoms with E-state index < -0.39 is 0 Å². The summed E-state index contributed by atoms with van der Waals surface area (Å²) < 4.78 is 2.04. The van der Waals surface area contributed by atoms with Gasteiger partial charge in [-0.1, -0.05) is 11.6 Å². The zero-order valence-electron chi connectivity index (χ0n) is 6.93. The standard InChI is InChI=1S/C9H9BrClNO/c10-12-2-1-6-3-8(11)9(13)4-7(6)5-12/h3-4,13H,1-2,5H2. The van der Waals surface area contributed by atoms with E-state index in [1.165, 1.54) is 5.56 Å². The molecule has 0 saturated carbocycles. The highest BCUT2D eigenvalue weighted by molar-refractivity contribution is 9.07. The van der Waals surface area contributed by atoms with E-state index in [-0.39, 0.29) is 5.75 Å². The van der Waals surface area contributed by atoms with Crippen molar-refractivity contribution in [2.75, 3.05) is 6.54 Å². The van der Waals surface area contributed by atoms with Crippen molar-refractivity contribution in [2.45, 2.75) is 13.0 Å². The third kappa shape index (κ3) is 1.82. The Morgan fingerprint density at radius 1 is 1.38 bits per heavy atom. The minimum atomic E-state index is 0.170. The van der Waals surface area contributed by atoms with Gasteiger partial charge in [0.2, 0.25) is 0 Å². The molecule has 0 radical (unpaired) electrons. The van der Waals surface area contributed by atoms with Crippen molar-refractivity contribution in [1.82, 2.24) is 3.93 Å². The molecule has 1 aromatic rings. The summed E-state index contributed by atoms with van der Waals surface area (Å²) in [5, 5.41) is 9.84. The molecule has 0 saturated heterocycles. The second kappa shape index (κ2) is 3.48. The van der Waals surface area contributed by atoms with Crippen molar-refractivity contribution in [1.29, 1.82) is 0 Å². The first-order chi connectivity index (χ1) is 6.16. The molecule has 2 nitrogen and oxygen atoms in total. The fourth-order valence-electron chi connectivity index (χ4n) is 1.53. The predicted octanol–water partition coefficient (Wildman–Crippen LogP) is 2.71. The Hall–Kier alpha value is -0.250. The summed E-state index contributed by atoms with van der Waals surface area (Å²) in [5.41, 5.74) is 2.38. The molecule has 0 spiro atoms. The number of nitrogens with zero attached hydrogens (tertiary/aromatic N) is 1. The topological polar surface area (TPSA) is 23.5 Å². The van der Waals surface area contributed by atoms with Gasteiger partial charge in [0.15, 0.2) is 0 Å². The van der Waals surface area contributed by atoms with Crippen LogP contribution < -0.4 is 0 Å². The first kappa shape index (κ1) is 9.31. The number of hydrogen-bond acceptors (Lipinski definition) is 2. The first-order valence-corrected chi connectivity index (χ1v) is 5.16. The van der Waals surface area contributed by atoms with Gasteiger partial charge in [0, 0.05) is 29.2 Å². The Morgan fingerprint density at radius 2 is 2.15 bits per heavy atom. The maximum atomic E-state index is 9.40. The van der Waals surface area contributed by atoms with E-state index in [0.29, 0.717) is 5.02 Å². The zero-order chi connectivity index (χ0) is 9.42. The van der Waals surface area contributed by atoms with E-state index in [0.717, 1.165) is 25.1 Å². The van der Waals surface area contributed by atoms with Gasteiger partial charge >= 0.3 is 0 Å². The van der Waals surface area contributed by atoms with E-state index in [4.69, 9.17) is 11.6 Å². The van der Waals surface area contributed by atoms with Gasteiger partial charge in [-0.3, -0.25) is 0 Å². The third-order valence-electron chi connectivity index (χ3n) is 2.23. The summed E-state index contributed by atoms with van der Waals surface area (Å²) in [4.78, 5) is 0. The molecule has 1 heterocycles. The number of aromatic hydroxyl groups is 1. The van der Waals surface area contributed by atoms with Crippen LogP contribution in [0.1, 0.15) is 11.1 Å². The smallest absolute Gasteiger partial charge is 0.134 e. The van der Waals surface area contributed by atoms with Crippen LogP contribution in [0.2, 0.25) is 5.02 Å². The number of phenols is 1. The number of rotatable bonds is 0. The number of hydrogen-bond donors (Lipinski definition) is 1. The van der Waals surface area contributed by atoms with Crippen LogP contribution in [0.4, 0.5) is 0 Å². The average molecular weight is 263 g/mol. The van der Waals surface area contributed by atoms with Crippen molar-refractivity contribution in [3.63, 3.8) is 0 Å². The monoisotopic (exact) mass is 261 g/mol. The van der Waals surface area contributed by atoms with Crippen LogP contribution in [0, 0.1) is 0 Å². The Bertz CT molecular complexity index is 343. The molecule has 0 bridgehead atoms. The number of benzene rings is 1. The molecule has 1 aliphatic rings. The molecule has 0 atom stereocenters. The quantitative estimate of drug-likeness (QED) is 0.727. The van der Waals surface area contributed by atoms with Crippen molar-refractivity contribution < 1.29 is 5.11 Å². The summed E-state index contributed by atoms with van der Waals surface area (Å²) in [7, 11) is 0. The van der Waals surface area contributed by atoms with Gasteiger partial charge in [-0.25, -0.2) is 3.93 Å². The van der Waals surface area contributed by atoms with Crippen LogP contribution in [0.3, 0.4) is 0 Å². The maximum Gasteiger partial charge on any atom is 0.134 e. The molecule has 70 valence electrons. The molecule has 13 heavy (non-hydrogen) atoms. The van der Waals surface area contributed by atoms with E-state index >= 15 is 0 Å². The van der Waals surface area contributed by atoms with Crippen molar-refractivity contribution in [2.24, 2.45) is 0 Å². The minimum absolute atomic E-state index is 0.170. The van der Waals surface area contributed by atoms with Gasteiger partial charge in [0.1, 0.15) is 5.75 Å². The second-order valence-electron chi connectivity index (χ2n) is 3.17. The van der Waals surface area contributed by atoms with Crippen LogP contribution in [-0.2, 0) is 13.0 Å². The normalized spacial score (nSPS) is 17.1. The molecular formula is C9H9BrClNO. The molecule has 2 rings (SSSR count). The maximum absolute atomic E-state index is 9.40. The Kier molecular flexibility index (Phi) is 2.49. The highest BCUT2D eigenvalue weighted by Crippen LogP contribution is 2.30. The average Bonchev–Trinajstić information content (AvgIpc) is 2.08. The van der Waals surface area contributed by atoms with Gasteiger partial charge in [-0.15, -0.1) is 0 Å². The Morgan fingerprint density at radius 3 is 2.92 bits per heavy atom. The van der Waals surface area contributed by atoms with Crippen molar-refractivity contribution >= 4 is 27.7 Å². The molecule has 0 aromatic heterocycles. The van der Waals surface area contributed by atoms with Crippen molar-refractivity contribution in [3.8, 4) is 5.75 Å². The van der Waals surface area contributed by atoms with E-state index in [2.05, 4.69) is 16.1 Å². The lowest BCUT2D eigenvalue weighted by Gasteiger charge is -2.23. The molecule has 0 unspecified atom stereocenters. The molecule has 4 heteroatoms. The second-order valence-corrected chi connectivity index (χ2v) is 4.58. The lowest BCUT2D eigenvalue weighted by molar-refractivity contribution is 0.448. The van der Waals surface area contributed by atoms with Crippen LogP contribution in [0.15, 0.2) is 12.1 Å². The van der Waals surface area contributed by atoms with Crippen molar-refractivity contribution in [3.05, 3.63) is 28.3 Å². The third-order valence-corrected chi connectivity index (χ3v) is 3.14. The number of phenolic OH excluding ortho intramolecular Hbond substituents is 1. The number of fused-ring (bicyclic) bond motifs is 1. The highest BCUT2D eigenvalue weighted by Gasteiger charge is 2.15. The van der Waals surface area contributed by atoms with Gasteiger partial charge in [0.25, 0.3) is 0 Å². The van der Waals surface area contributed by atoms with Crippen LogP contribution in [-0.4, -0.2) is 15.6 Å². The highest BCUT2D eigenvalue weighted by atomic mass is 79.9. The molecular weight excluding hydrogens is 253 g/mol. The minimum Gasteiger partial charge on any atom is -0.506 e. The fourth-order valence-corrected chi connectivity index (χ4v) is 2.17. The lowest BCUT2D eigenvalue weighted by atomic mass is 10.0. The Balaban J connectivity index is 2.43. The van der Waals surface area contributed by atoms with Crippen LogP contribution in [0.5, 0.6) is 5.75 Å². The van der Waals surface area contributed by atoms with Crippen LogP contribution in [0.25, 0.3) is 0 Å². The summed E-state index contributed by atoms with van der Waals surface area (Å²) in [6, 6.07) is 3.59. The van der Waals surface area contributed by atoms with E-state index in [1.54, 1.807) is 6.07 Å². The Labute approximate surface area is 90.5 Å². The van der Waals surface area contributed by atoms with Gasteiger partial charge < -0.3 is 5.11 Å². The predicted molar refractivity (Wildman–Crippen MR) is 56.2 cm³/mol. The van der Waals surface area contributed by atoms with Gasteiger partial charge in [-0.05, 0) is 29.7 Å². The molecule has 1 aliphatic heterocycles. The van der Waals surface area contributed by atoms with Gasteiger partial charge in [-0.2, -0.15) is 0 Å². The largest absolute Gasteiger partial charge is 0.506 e. The molecule has 0 aliphatic carbocycles. The SMILES string of the molecule is Oc1cc2c(cc1Cl)CCN(Br)C2. The molecule has 0 fully saturated rings. The van der Waals surface area contributed by atoms with E-state index in [9.17, 15) is 5.11 Å². The van der Waals surface area contributed by atoms with Crippen LogP contribution >= 0.6 is 27.7 Å². The molecule has 1 N–H and O–H groups in total. The summed E-state index contributed by atoms with van der Waals surface area (Å²) in [6.07, 6.45) is 0.973. The first-order valence-electron chi connectivity index (χ1n) is 4.08. The van der Waals surface area contributed by atoms with E-state index in [1.807, 2.05) is 9.99 Å². The fraction of sp³-hybridized carbons (Fsp3) is 0.333. The molecule has 0 amide bonds. The zero-order valence-corrected chi connectivity index (χ0v) is 9.27. The summed E-state index contributed by atoms with van der Waals surface area (Å²) in [5.74, 6) is 0.170. The van der Waals surface area contributed by atoms with Gasteiger partial charge in [0.05, 0.1) is 5.02 Å².